The Kier molecular flexibility index (Phi) is 7.33. The summed E-state index contributed by atoms with van der Waals surface area (Å²) < 4.78 is 21.2. The Balaban J connectivity index is 1.38. The van der Waals surface area contributed by atoms with Crippen LogP contribution in [0.4, 0.5) is 10.2 Å². The Morgan fingerprint density at radius 3 is 2.36 bits per heavy atom. The van der Waals surface area contributed by atoms with Crippen LogP contribution in [0, 0.1) is 26.6 Å². The second-order valence-electron chi connectivity index (χ2n) is 10.3. The average molecular weight is 526 g/mol. The number of nitrogens with zero attached hydrogens (tertiary/aromatic N) is 2. The molecule has 3 aromatic carbocycles. The molecule has 1 fully saturated rings. The van der Waals surface area contributed by atoms with E-state index in [0.717, 1.165) is 40.9 Å². The van der Waals surface area contributed by atoms with Gasteiger partial charge in [-0.1, -0.05) is 49.2 Å². The van der Waals surface area contributed by atoms with Crippen LogP contribution in [0.25, 0.3) is 16.9 Å². The summed E-state index contributed by atoms with van der Waals surface area (Å²) in [6.07, 6.45) is 2.82. The highest BCUT2D eigenvalue weighted by Crippen LogP contribution is 2.42. The van der Waals surface area contributed by atoms with Crippen molar-refractivity contribution in [3.8, 4) is 16.9 Å². The molecule has 0 atom stereocenters. The van der Waals surface area contributed by atoms with Gasteiger partial charge >= 0.3 is 5.97 Å². The third-order valence-electron chi connectivity index (χ3n) is 7.65. The number of benzene rings is 3. The Hall–Kier alpha value is -4.26. The van der Waals surface area contributed by atoms with Crippen molar-refractivity contribution in [3.63, 3.8) is 0 Å². The molecule has 0 radical (unpaired) electrons. The van der Waals surface area contributed by atoms with Gasteiger partial charge in [0.05, 0.1) is 16.8 Å². The number of ether oxygens (including phenoxy) is 1. The molecule has 0 spiro atoms. The molecule has 7 heteroatoms. The summed E-state index contributed by atoms with van der Waals surface area (Å²) in [7, 11) is 0. The minimum atomic E-state index is -0.928. The monoisotopic (exact) mass is 525 g/mol. The molecule has 200 valence electrons. The number of halogens is 1. The van der Waals surface area contributed by atoms with E-state index in [9.17, 15) is 14.0 Å². The first kappa shape index (κ1) is 26.4. The van der Waals surface area contributed by atoms with Gasteiger partial charge in [-0.2, -0.15) is 5.10 Å². The number of esters is 1. The summed E-state index contributed by atoms with van der Waals surface area (Å²) in [6.45, 7) is 5.72. The lowest BCUT2D eigenvalue weighted by molar-refractivity contribution is -0.153. The number of carbonyl (C=O) groups is 2. The van der Waals surface area contributed by atoms with Crippen molar-refractivity contribution in [1.82, 2.24) is 9.78 Å². The number of anilines is 1. The van der Waals surface area contributed by atoms with Crippen LogP contribution < -0.4 is 5.32 Å². The molecular weight excluding hydrogens is 493 g/mol. The quantitative estimate of drug-likeness (QED) is 0.276. The van der Waals surface area contributed by atoms with Crippen LogP contribution in [0.15, 0.2) is 72.8 Å². The summed E-state index contributed by atoms with van der Waals surface area (Å²) in [5, 5.41) is 7.69. The normalized spacial score (nSPS) is 14.3. The van der Waals surface area contributed by atoms with Crippen LogP contribution in [-0.4, -0.2) is 28.3 Å². The Bertz CT molecular complexity index is 1520. The highest BCUT2D eigenvalue weighted by atomic mass is 19.1. The molecule has 1 amide bonds. The van der Waals surface area contributed by atoms with Crippen molar-refractivity contribution in [3.05, 3.63) is 101 Å². The molecule has 0 saturated heterocycles. The van der Waals surface area contributed by atoms with Crippen molar-refractivity contribution < 1.29 is 18.7 Å². The summed E-state index contributed by atoms with van der Waals surface area (Å²) in [6, 6.07) is 21.7. The molecule has 0 aliphatic heterocycles. The van der Waals surface area contributed by atoms with Crippen LogP contribution in [-0.2, 0) is 19.7 Å². The van der Waals surface area contributed by atoms with Gasteiger partial charge in [-0.3, -0.25) is 9.59 Å². The first-order valence-corrected chi connectivity index (χ1v) is 13.2. The van der Waals surface area contributed by atoms with E-state index in [4.69, 9.17) is 9.84 Å². The van der Waals surface area contributed by atoms with Crippen molar-refractivity contribution in [2.45, 2.75) is 51.9 Å². The molecule has 6 nitrogen and oxygen atoms in total. The van der Waals surface area contributed by atoms with Crippen molar-refractivity contribution >= 4 is 17.7 Å². The molecule has 5 rings (SSSR count). The highest BCUT2D eigenvalue weighted by molar-refractivity contribution is 5.94. The lowest BCUT2D eigenvalue weighted by Crippen LogP contribution is -2.36. The first-order valence-electron chi connectivity index (χ1n) is 13.2. The molecule has 1 aliphatic carbocycles. The summed E-state index contributed by atoms with van der Waals surface area (Å²) >= 11 is 0. The van der Waals surface area contributed by atoms with Gasteiger partial charge in [0.25, 0.3) is 5.91 Å². The third-order valence-corrected chi connectivity index (χ3v) is 7.65. The number of rotatable bonds is 7. The molecule has 4 aromatic rings. The molecule has 1 aliphatic rings. The number of para-hydroxylation sites is 1. The topological polar surface area (TPSA) is 73.2 Å². The maximum Gasteiger partial charge on any atom is 0.317 e. The van der Waals surface area contributed by atoms with Gasteiger partial charge < -0.3 is 10.1 Å². The Labute approximate surface area is 227 Å². The minimum absolute atomic E-state index is 0.395. The van der Waals surface area contributed by atoms with E-state index in [1.807, 2.05) is 43.3 Å². The highest BCUT2D eigenvalue weighted by Gasteiger charge is 2.44. The number of nitrogens with one attached hydrogen (secondary N) is 1. The second kappa shape index (κ2) is 10.8. The van der Waals surface area contributed by atoms with E-state index in [-0.39, 0.29) is 0 Å². The van der Waals surface area contributed by atoms with Crippen LogP contribution in [0.5, 0.6) is 0 Å². The lowest BCUT2D eigenvalue weighted by Gasteiger charge is -2.27. The summed E-state index contributed by atoms with van der Waals surface area (Å²) in [5.74, 6) is -0.899. The molecule has 1 saturated carbocycles. The van der Waals surface area contributed by atoms with Gasteiger partial charge in [0.15, 0.2) is 6.61 Å². The van der Waals surface area contributed by atoms with E-state index in [0.29, 0.717) is 24.2 Å². The summed E-state index contributed by atoms with van der Waals surface area (Å²) in [5.41, 5.74) is 5.60. The van der Waals surface area contributed by atoms with Crippen LogP contribution in [0.1, 0.15) is 47.9 Å². The minimum Gasteiger partial charge on any atom is -0.455 e. The fourth-order valence-corrected chi connectivity index (χ4v) is 5.43. The zero-order valence-electron chi connectivity index (χ0n) is 22.5. The SMILES string of the molecule is Cc1cc(C)c(-c2cc(NC(=O)COC(=O)C3(c4cccc(F)c4)CCCC3)n(-c3ccccc3)n2)cc1C. The van der Waals surface area contributed by atoms with E-state index < -0.39 is 29.7 Å². The zero-order chi connectivity index (χ0) is 27.6. The smallest absolute Gasteiger partial charge is 0.317 e. The van der Waals surface area contributed by atoms with Gasteiger partial charge in [-0.25, -0.2) is 9.07 Å². The molecule has 1 heterocycles. The predicted octanol–water partition coefficient (Wildman–Crippen LogP) is 6.60. The number of hydrogen-bond acceptors (Lipinski definition) is 4. The van der Waals surface area contributed by atoms with Gasteiger partial charge in [0.2, 0.25) is 0 Å². The van der Waals surface area contributed by atoms with Crippen LogP contribution in [0.2, 0.25) is 0 Å². The molecular formula is C32H32FN3O3. The fraction of sp³-hybridized carbons (Fsp3) is 0.281. The van der Waals surface area contributed by atoms with Gasteiger partial charge in [-0.05, 0) is 86.2 Å². The number of aromatic nitrogens is 2. The lowest BCUT2D eigenvalue weighted by atomic mass is 9.79. The van der Waals surface area contributed by atoms with Crippen LogP contribution >= 0.6 is 0 Å². The number of amides is 1. The van der Waals surface area contributed by atoms with Gasteiger partial charge in [-0.15, -0.1) is 0 Å². The number of aryl methyl sites for hydroxylation is 3. The molecule has 0 unspecified atom stereocenters. The van der Waals surface area contributed by atoms with E-state index in [1.54, 1.807) is 16.8 Å². The number of carbonyl (C=O) groups excluding carboxylic acids is 2. The van der Waals surface area contributed by atoms with Crippen molar-refractivity contribution in [1.29, 1.82) is 0 Å². The van der Waals surface area contributed by atoms with Crippen LogP contribution in [0.3, 0.4) is 0 Å². The Morgan fingerprint density at radius 2 is 1.64 bits per heavy atom. The average Bonchev–Trinajstić information content (AvgIpc) is 3.59. The predicted molar refractivity (Wildman–Crippen MR) is 149 cm³/mol. The number of hydrogen-bond donors (Lipinski definition) is 1. The summed E-state index contributed by atoms with van der Waals surface area (Å²) in [4.78, 5) is 26.3. The molecule has 1 N–H and O–H groups in total. The maximum absolute atomic E-state index is 14.0. The van der Waals surface area contributed by atoms with Crippen molar-refractivity contribution in [2.24, 2.45) is 0 Å². The third kappa shape index (κ3) is 5.35. The van der Waals surface area contributed by atoms with E-state index in [2.05, 4.69) is 31.3 Å². The van der Waals surface area contributed by atoms with E-state index in [1.165, 1.54) is 17.7 Å². The van der Waals surface area contributed by atoms with E-state index >= 15 is 0 Å². The first-order chi connectivity index (χ1) is 18.8. The maximum atomic E-state index is 14.0. The standard InChI is InChI=1S/C32H32FN3O3/c1-21-16-23(3)27(17-22(21)2)28-19-29(36(35-28)26-12-5-4-6-13-26)34-30(37)20-39-31(38)32(14-7-8-15-32)24-10-9-11-25(33)18-24/h4-6,9-13,16-19H,7-8,14-15,20H2,1-3H3,(H,34,37). The largest absolute Gasteiger partial charge is 0.455 e. The molecule has 39 heavy (non-hydrogen) atoms. The Morgan fingerprint density at radius 1 is 0.923 bits per heavy atom. The second-order valence-corrected chi connectivity index (χ2v) is 10.3. The van der Waals surface area contributed by atoms with Crippen molar-refractivity contribution in [2.75, 3.05) is 11.9 Å². The molecule has 0 bridgehead atoms. The fourth-order valence-electron chi connectivity index (χ4n) is 5.43. The van der Waals surface area contributed by atoms with Gasteiger partial charge in [0.1, 0.15) is 11.6 Å². The van der Waals surface area contributed by atoms with Gasteiger partial charge in [0, 0.05) is 11.6 Å². The molecule has 1 aromatic heterocycles. The zero-order valence-corrected chi connectivity index (χ0v) is 22.5.